The van der Waals surface area contributed by atoms with Crippen molar-refractivity contribution >= 4 is 56.4 Å². The second kappa shape index (κ2) is 17.9. The van der Waals surface area contributed by atoms with Crippen LogP contribution in [0.2, 0.25) is 0 Å². The van der Waals surface area contributed by atoms with E-state index in [1.165, 1.54) is 21.7 Å². The van der Waals surface area contributed by atoms with E-state index in [1.54, 1.807) is 34.1 Å². The normalized spacial score (nSPS) is 14.7. The number of carbonyl (C=O) groups excluding carboxylic acids is 2. The predicted molar refractivity (Wildman–Crippen MR) is 242 cm³/mol. The minimum Gasteiger partial charge on any atom is -0.459 e. The van der Waals surface area contributed by atoms with Gasteiger partial charge in [-0.05, 0) is 47.2 Å². The standard InChI is InChI=1S/2C23H26N4O5/c2*1-23(2,3)15-26-17-8-5-4-7-16(17)19(20(22(26)29)27(30)31)24-10-12-25(13-11-24)21(28)18-9-6-14-32-18/h2*4-9,14H,10-13,15H2,1-3H3. The second-order valence-corrected chi connectivity index (χ2v) is 18.4. The van der Waals surface area contributed by atoms with Gasteiger partial charge in [-0.2, -0.15) is 0 Å². The zero-order chi connectivity index (χ0) is 46.1. The third kappa shape index (κ3) is 9.26. The van der Waals surface area contributed by atoms with E-state index in [1.807, 2.05) is 99.9 Å². The number of fused-ring (bicyclic) bond motifs is 2. The quantitative estimate of drug-likeness (QED) is 0.112. The summed E-state index contributed by atoms with van der Waals surface area (Å²) in [6.45, 7) is 15.6. The molecule has 0 atom stereocenters. The lowest BCUT2D eigenvalue weighted by molar-refractivity contribution is -0.385. The van der Waals surface area contributed by atoms with Gasteiger partial charge in [0.05, 0.1) is 33.4 Å². The average molecular weight is 877 g/mol. The molecule has 2 saturated heterocycles. The van der Waals surface area contributed by atoms with Crippen molar-refractivity contribution in [1.82, 2.24) is 18.9 Å². The summed E-state index contributed by atoms with van der Waals surface area (Å²) < 4.78 is 13.4. The maximum Gasteiger partial charge on any atom is 0.357 e. The van der Waals surface area contributed by atoms with Crippen molar-refractivity contribution in [3.05, 3.63) is 138 Å². The molecule has 0 aliphatic carbocycles. The van der Waals surface area contributed by atoms with Crippen LogP contribution in [0.5, 0.6) is 0 Å². The summed E-state index contributed by atoms with van der Waals surface area (Å²) in [5.74, 6) is 0.100. The van der Waals surface area contributed by atoms with Crippen molar-refractivity contribution in [2.24, 2.45) is 10.8 Å². The summed E-state index contributed by atoms with van der Waals surface area (Å²) in [5, 5.41) is 25.4. The van der Waals surface area contributed by atoms with Crippen LogP contribution in [0.1, 0.15) is 62.7 Å². The number of nitro groups is 2. The van der Waals surface area contributed by atoms with Gasteiger partial charge >= 0.3 is 22.5 Å². The Morgan fingerprint density at radius 1 is 0.547 bits per heavy atom. The largest absolute Gasteiger partial charge is 0.459 e. The number of hydrogen-bond acceptors (Lipinski definition) is 12. The fraction of sp³-hybridized carbons (Fsp3) is 0.391. The molecule has 0 N–H and O–H groups in total. The molecule has 2 aliphatic rings. The van der Waals surface area contributed by atoms with E-state index in [9.17, 15) is 39.4 Å². The first kappa shape index (κ1) is 44.8. The molecule has 336 valence electrons. The molecule has 2 amide bonds. The first-order valence-electron chi connectivity index (χ1n) is 21.1. The molecule has 0 bridgehead atoms. The van der Waals surface area contributed by atoms with E-state index in [0.29, 0.717) is 98.6 Å². The fourth-order valence-corrected chi connectivity index (χ4v) is 8.36. The van der Waals surface area contributed by atoms with Gasteiger partial charge < -0.3 is 37.6 Å². The molecule has 2 fully saturated rings. The smallest absolute Gasteiger partial charge is 0.357 e. The lowest BCUT2D eigenvalue weighted by Crippen LogP contribution is -2.49. The van der Waals surface area contributed by atoms with Gasteiger partial charge in [0.15, 0.2) is 11.5 Å². The van der Waals surface area contributed by atoms with Gasteiger partial charge in [0.2, 0.25) is 0 Å². The Bertz CT molecular complexity index is 2620. The van der Waals surface area contributed by atoms with Crippen LogP contribution in [0, 0.1) is 31.1 Å². The second-order valence-electron chi connectivity index (χ2n) is 18.4. The van der Waals surface area contributed by atoms with Crippen LogP contribution in [-0.2, 0) is 13.1 Å². The number of amides is 2. The topological polar surface area (TPSA) is 204 Å². The van der Waals surface area contributed by atoms with Crippen molar-refractivity contribution < 1.29 is 28.3 Å². The summed E-state index contributed by atoms with van der Waals surface area (Å²) in [4.78, 5) is 81.7. The number of carbonyl (C=O) groups is 2. The maximum atomic E-state index is 13.3. The Morgan fingerprint density at radius 3 is 1.19 bits per heavy atom. The van der Waals surface area contributed by atoms with E-state index in [-0.39, 0.29) is 34.2 Å². The number of pyridine rings is 2. The highest BCUT2D eigenvalue weighted by Crippen LogP contribution is 2.37. The zero-order valence-electron chi connectivity index (χ0n) is 36.8. The molecular weight excluding hydrogens is 825 g/mol. The number of hydrogen-bond donors (Lipinski definition) is 0. The summed E-state index contributed by atoms with van der Waals surface area (Å²) >= 11 is 0. The number of rotatable bonds is 8. The van der Waals surface area contributed by atoms with Gasteiger partial charge in [-0.3, -0.25) is 39.4 Å². The van der Waals surface area contributed by atoms with Crippen LogP contribution in [0.4, 0.5) is 22.7 Å². The first-order valence-corrected chi connectivity index (χ1v) is 21.1. The molecule has 18 heteroatoms. The monoisotopic (exact) mass is 876 g/mol. The molecule has 0 spiro atoms. The number of benzene rings is 2. The zero-order valence-corrected chi connectivity index (χ0v) is 36.8. The Kier molecular flexibility index (Phi) is 12.5. The van der Waals surface area contributed by atoms with Gasteiger partial charge in [0.25, 0.3) is 11.8 Å². The van der Waals surface area contributed by atoms with E-state index >= 15 is 0 Å². The van der Waals surface area contributed by atoms with Crippen LogP contribution in [0.15, 0.2) is 104 Å². The van der Waals surface area contributed by atoms with Gasteiger partial charge in [0, 0.05) is 76.2 Å². The van der Waals surface area contributed by atoms with Crippen LogP contribution in [-0.4, -0.2) is 93.0 Å². The van der Waals surface area contributed by atoms with Crippen molar-refractivity contribution in [2.75, 3.05) is 62.2 Å². The maximum absolute atomic E-state index is 13.3. The van der Waals surface area contributed by atoms with Gasteiger partial charge in [-0.25, -0.2) is 0 Å². The Labute approximate surface area is 368 Å². The molecule has 8 rings (SSSR count). The van der Waals surface area contributed by atoms with Crippen LogP contribution in [0.25, 0.3) is 21.8 Å². The fourth-order valence-electron chi connectivity index (χ4n) is 8.36. The molecule has 6 aromatic rings. The number of furan rings is 2. The SMILES string of the molecule is CC(C)(C)Cn1c(=O)c([N+](=O)[O-])c(N2CCN(C(=O)c3ccco3)CC2)c2ccccc21.CC(C)(C)Cn1c(=O)c([N+](=O)[O-])c(N2CCN(C(=O)c3ccco3)CC2)c2ccccc21. The van der Waals surface area contributed by atoms with E-state index in [4.69, 9.17) is 8.83 Å². The third-order valence-corrected chi connectivity index (χ3v) is 11.1. The Hall–Kier alpha value is -7.24. The summed E-state index contributed by atoms with van der Waals surface area (Å²) in [6, 6.07) is 21.1. The Balaban J connectivity index is 0.000000191. The lowest BCUT2D eigenvalue weighted by Gasteiger charge is -2.36. The molecule has 18 nitrogen and oxygen atoms in total. The number of piperazine rings is 2. The van der Waals surface area contributed by atoms with Crippen LogP contribution in [0.3, 0.4) is 0 Å². The molecule has 0 radical (unpaired) electrons. The van der Waals surface area contributed by atoms with Crippen LogP contribution < -0.4 is 20.9 Å². The highest BCUT2D eigenvalue weighted by molar-refractivity contribution is 5.98. The molecule has 64 heavy (non-hydrogen) atoms. The van der Waals surface area contributed by atoms with E-state index < -0.39 is 32.3 Å². The molecular formula is C46H52N8O10. The Morgan fingerprint density at radius 2 is 0.891 bits per heavy atom. The highest BCUT2D eigenvalue weighted by atomic mass is 16.6. The molecule has 0 saturated carbocycles. The molecule has 2 aromatic carbocycles. The van der Waals surface area contributed by atoms with Gasteiger partial charge in [-0.15, -0.1) is 0 Å². The van der Waals surface area contributed by atoms with Gasteiger partial charge in [-0.1, -0.05) is 77.9 Å². The van der Waals surface area contributed by atoms with Gasteiger partial charge in [0.1, 0.15) is 11.4 Å². The molecule has 4 aromatic heterocycles. The third-order valence-electron chi connectivity index (χ3n) is 11.1. The summed E-state index contributed by atoms with van der Waals surface area (Å²) in [7, 11) is 0. The molecule has 0 unspecified atom stereocenters. The number of nitrogens with zero attached hydrogens (tertiary/aromatic N) is 8. The van der Waals surface area contributed by atoms with Crippen molar-refractivity contribution in [3.8, 4) is 0 Å². The first-order chi connectivity index (χ1) is 30.3. The average Bonchev–Trinajstić information content (AvgIpc) is 4.01. The predicted octanol–water partition coefficient (Wildman–Crippen LogP) is 7.02. The molecule has 6 heterocycles. The minimum absolute atomic E-state index is 0.213. The molecule has 2 aliphatic heterocycles. The summed E-state index contributed by atoms with van der Waals surface area (Å²) in [6.07, 6.45) is 2.90. The van der Waals surface area contributed by atoms with Crippen LogP contribution >= 0.6 is 0 Å². The minimum atomic E-state index is -0.604. The van der Waals surface area contributed by atoms with E-state index in [2.05, 4.69) is 0 Å². The number of aromatic nitrogens is 2. The number of anilines is 2. The van der Waals surface area contributed by atoms with Crippen molar-refractivity contribution in [3.63, 3.8) is 0 Å². The number of para-hydroxylation sites is 2. The van der Waals surface area contributed by atoms with Crippen molar-refractivity contribution in [2.45, 2.75) is 54.6 Å². The van der Waals surface area contributed by atoms with Crippen molar-refractivity contribution in [1.29, 1.82) is 0 Å². The summed E-state index contributed by atoms with van der Waals surface area (Å²) in [5.41, 5.74) is -0.529. The van der Waals surface area contributed by atoms with E-state index in [0.717, 1.165) is 0 Å². The lowest BCUT2D eigenvalue weighted by atomic mass is 9.96. The highest BCUT2D eigenvalue weighted by Gasteiger charge is 2.35.